The maximum atomic E-state index is 9.81. The topological polar surface area (TPSA) is 39.1 Å². The van der Waals surface area contributed by atoms with Gasteiger partial charge in [-0.3, -0.25) is 5.41 Å². The molecule has 282 valence electrons. The van der Waals surface area contributed by atoms with Crippen LogP contribution in [-0.4, -0.2) is 5.71 Å². The number of nitrogens with zero attached hydrogens (tertiary/aromatic N) is 1. The average molecular weight is 758 g/mol. The minimum atomic E-state index is -0.151. The largest absolute Gasteiger partial charge is 0.354 e. The van der Waals surface area contributed by atoms with Crippen LogP contribution in [0.25, 0.3) is 45.3 Å². The summed E-state index contributed by atoms with van der Waals surface area (Å²) >= 11 is 0. The first-order chi connectivity index (χ1) is 28.9. The van der Waals surface area contributed by atoms with Gasteiger partial charge in [0.15, 0.2) is 0 Å². The number of hydrogen-bond donors (Lipinski definition) is 2. The SMILES string of the molecule is CC1(C)c2ccccc2-c2ccc(N(c3ccc(-c4ccccc4)cc3)c3ccc4c(c3)/C(=C(/C(=N)c3ccccc3)c3ccccc3)NC(c3ccccc3)=C4)cc21. The zero-order chi connectivity index (χ0) is 39.9. The normalized spacial score (nSPS) is 14.2. The summed E-state index contributed by atoms with van der Waals surface area (Å²) in [7, 11) is 0. The monoisotopic (exact) mass is 757 g/mol. The van der Waals surface area contributed by atoms with E-state index in [2.05, 4.69) is 194 Å². The Balaban J connectivity index is 1.20. The summed E-state index contributed by atoms with van der Waals surface area (Å²) in [5, 5.41) is 13.7. The van der Waals surface area contributed by atoms with Crippen LogP contribution in [0.1, 0.15) is 52.8 Å². The molecule has 10 rings (SSSR count). The Labute approximate surface area is 346 Å². The second kappa shape index (κ2) is 14.8. The molecule has 0 bridgehead atoms. The fraction of sp³-hybridized carbons (Fsp3) is 0.0536. The Bertz CT molecular complexity index is 2910. The van der Waals surface area contributed by atoms with Crippen LogP contribution in [0.4, 0.5) is 17.1 Å². The Morgan fingerprint density at radius 2 is 0.983 bits per heavy atom. The van der Waals surface area contributed by atoms with Gasteiger partial charge in [-0.25, -0.2) is 0 Å². The molecule has 0 atom stereocenters. The molecular weight excluding hydrogens is 715 g/mol. The fourth-order valence-corrected chi connectivity index (χ4v) is 8.87. The first kappa shape index (κ1) is 35.9. The van der Waals surface area contributed by atoms with Crippen molar-refractivity contribution < 1.29 is 0 Å². The molecule has 3 nitrogen and oxygen atoms in total. The van der Waals surface area contributed by atoms with E-state index in [1.807, 2.05) is 42.5 Å². The van der Waals surface area contributed by atoms with Crippen molar-refractivity contribution in [3.8, 4) is 22.3 Å². The standard InChI is InChI=1S/C56H43N3/c1-56(2)50-26-16-15-25-47(50)48-34-33-46(37-51(48)56)59(44-30-27-39(28-31-44)38-17-7-3-8-18-38)45-32-29-43-35-52(40-19-9-4-10-20-40)58-55(49(43)36-45)53(41-21-11-5-12-22-41)54(57)42-23-13-6-14-24-42/h3-37,57-58H,1-2H3/b55-53-,57-54?. The molecule has 0 spiro atoms. The molecule has 1 aliphatic heterocycles. The van der Waals surface area contributed by atoms with Crippen LogP contribution in [0.2, 0.25) is 0 Å². The molecule has 0 fully saturated rings. The molecule has 2 N–H and O–H groups in total. The highest BCUT2D eigenvalue weighted by atomic mass is 15.1. The van der Waals surface area contributed by atoms with Crippen LogP contribution in [0.5, 0.6) is 0 Å². The minimum absolute atomic E-state index is 0.151. The van der Waals surface area contributed by atoms with Gasteiger partial charge in [0.1, 0.15) is 0 Å². The van der Waals surface area contributed by atoms with Crippen molar-refractivity contribution in [2.24, 2.45) is 0 Å². The summed E-state index contributed by atoms with van der Waals surface area (Å²) in [6.45, 7) is 4.68. The highest BCUT2D eigenvalue weighted by Crippen LogP contribution is 2.51. The minimum Gasteiger partial charge on any atom is -0.354 e. The van der Waals surface area contributed by atoms with Crippen LogP contribution in [-0.2, 0) is 5.41 Å². The van der Waals surface area contributed by atoms with E-state index in [4.69, 9.17) is 0 Å². The number of nitrogens with one attached hydrogen (secondary N) is 2. The van der Waals surface area contributed by atoms with E-state index in [0.29, 0.717) is 5.71 Å². The Morgan fingerprint density at radius 1 is 0.458 bits per heavy atom. The van der Waals surface area contributed by atoms with Crippen LogP contribution < -0.4 is 10.2 Å². The maximum Gasteiger partial charge on any atom is 0.0711 e. The number of benzene rings is 8. The summed E-state index contributed by atoms with van der Waals surface area (Å²) in [5.41, 5.74) is 18.9. The van der Waals surface area contributed by atoms with Gasteiger partial charge in [0.2, 0.25) is 0 Å². The number of anilines is 3. The first-order valence-electron chi connectivity index (χ1n) is 20.3. The van der Waals surface area contributed by atoms with Crippen LogP contribution >= 0.6 is 0 Å². The van der Waals surface area contributed by atoms with E-state index in [9.17, 15) is 5.41 Å². The Kier molecular flexibility index (Phi) is 8.99. The van der Waals surface area contributed by atoms with Gasteiger partial charge in [0.25, 0.3) is 0 Å². The highest BCUT2D eigenvalue weighted by Gasteiger charge is 2.36. The quantitative estimate of drug-likeness (QED) is 0.152. The van der Waals surface area contributed by atoms with E-state index >= 15 is 0 Å². The molecule has 8 aromatic rings. The zero-order valence-corrected chi connectivity index (χ0v) is 33.2. The number of hydrogen-bond acceptors (Lipinski definition) is 3. The predicted molar refractivity (Wildman–Crippen MR) is 248 cm³/mol. The van der Waals surface area contributed by atoms with Gasteiger partial charge in [-0.2, -0.15) is 0 Å². The third-order valence-corrected chi connectivity index (χ3v) is 11.9. The first-order valence-corrected chi connectivity index (χ1v) is 20.3. The van der Waals surface area contributed by atoms with Gasteiger partial charge in [-0.15, -0.1) is 0 Å². The van der Waals surface area contributed by atoms with Gasteiger partial charge >= 0.3 is 0 Å². The number of allylic oxidation sites excluding steroid dienone is 1. The van der Waals surface area contributed by atoms with Crippen molar-refractivity contribution in [2.75, 3.05) is 4.90 Å². The zero-order valence-electron chi connectivity index (χ0n) is 33.2. The highest BCUT2D eigenvalue weighted by molar-refractivity contribution is 6.36. The lowest BCUT2D eigenvalue weighted by Gasteiger charge is -2.31. The molecule has 0 saturated carbocycles. The summed E-state index contributed by atoms with van der Waals surface area (Å²) in [4.78, 5) is 2.38. The van der Waals surface area contributed by atoms with Crippen molar-refractivity contribution in [3.63, 3.8) is 0 Å². The van der Waals surface area contributed by atoms with E-state index in [-0.39, 0.29) is 5.41 Å². The van der Waals surface area contributed by atoms with Gasteiger partial charge in [-0.05, 0) is 92.5 Å². The summed E-state index contributed by atoms with van der Waals surface area (Å²) in [6.07, 6.45) is 2.24. The maximum absolute atomic E-state index is 9.81. The lowest BCUT2D eigenvalue weighted by atomic mass is 9.82. The molecule has 0 amide bonds. The van der Waals surface area contributed by atoms with E-state index in [1.54, 1.807) is 0 Å². The smallest absolute Gasteiger partial charge is 0.0711 e. The summed E-state index contributed by atoms with van der Waals surface area (Å²) in [6, 6.07) is 72.9. The second-order valence-corrected chi connectivity index (χ2v) is 15.8. The molecule has 8 aromatic carbocycles. The molecule has 0 saturated heterocycles. The molecule has 2 aliphatic rings. The van der Waals surface area contributed by atoms with E-state index in [1.165, 1.54) is 33.4 Å². The van der Waals surface area contributed by atoms with E-state index < -0.39 is 0 Å². The van der Waals surface area contributed by atoms with Crippen molar-refractivity contribution in [1.82, 2.24) is 5.32 Å². The lowest BCUT2D eigenvalue weighted by molar-refractivity contribution is 0.660. The average Bonchev–Trinajstić information content (AvgIpc) is 3.53. The van der Waals surface area contributed by atoms with Crippen molar-refractivity contribution in [1.29, 1.82) is 5.41 Å². The predicted octanol–water partition coefficient (Wildman–Crippen LogP) is 14.2. The molecule has 0 unspecified atom stereocenters. The van der Waals surface area contributed by atoms with Gasteiger partial charge in [-0.1, -0.05) is 184 Å². The number of fused-ring (bicyclic) bond motifs is 4. The van der Waals surface area contributed by atoms with Gasteiger partial charge < -0.3 is 10.2 Å². The summed E-state index contributed by atoms with van der Waals surface area (Å²) < 4.78 is 0. The number of rotatable bonds is 8. The summed E-state index contributed by atoms with van der Waals surface area (Å²) in [5.74, 6) is 0. The Morgan fingerprint density at radius 3 is 1.68 bits per heavy atom. The van der Waals surface area contributed by atoms with Crippen LogP contribution in [0.15, 0.2) is 206 Å². The molecule has 0 aromatic heterocycles. The molecule has 1 aliphatic carbocycles. The van der Waals surface area contributed by atoms with E-state index in [0.717, 1.165) is 61.8 Å². The fourth-order valence-electron chi connectivity index (χ4n) is 8.87. The molecular formula is C56H43N3. The molecule has 59 heavy (non-hydrogen) atoms. The third kappa shape index (κ3) is 6.47. The van der Waals surface area contributed by atoms with Gasteiger partial charge in [0, 0.05) is 44.9 Å². The molecule has 0 radical (unpaired) electrons. The second-order valence-electron chi connectivity index (χ2n) is 15.8. The Hall–Kier alpha value is -7.49. The van der Waals surface area contributed by atoms with Gasteiger partial charge in [0.05, 0.1) is 11.4 Å². The van der Waals surface area contributed by atoms with Crippen LogP contribution in [0.3, 0.4) is 0 Å². The van der Waals surface area contributed by atoms with Crippen molar-refractivity contribution in [3.05, 3.63) is 245 Å². The molecule has 1 heterocycles. The van der Waals surface area contributed by atoms with Crippen LogP contribution in [0, 0.1) is 5.41 Å². The lowest BCUT2D eigenvalue weighted by Crippen LogP contribution is -2.21. The molecule has 3 heteroatoms. The van der Waals surface area contributed by atoms with Crippen molar-refractivity contribution >= 4 is 45.8 Å². The van der Waals surface area contributed by atoms with Crippen molar-refractivity contribution in [2.45, 2.75) is 19.3 Å². The third-order valence-electron chi connectivity index (χ3n) is 11.9.